The summed E-state index contributed by atoms with van der Waals surface area (Å²) in [7, 11) is 0. The number of nitrogens with zero attached hydrogens (tertiary/aromatic N) is 3. The zero-order valence-electron chi connectivity index (χ0n) is 10.0. The molecule has 7 heteroatoms. The van der Waals surface area contributed by atoms with Gasteiger partial charge in [0.2, 0.25) is 0 Å². The van der Waals surface area contributed by atoms with Crippen molar-refractivity contribution in [1.29, 1.82) is 0 Å². The molecule has 0 atom stereocenters. The van der Waals surface area contributed by atoms with Crippen LogP contribution >= 0.6 is 31.9 Å². The minimum atomic E-state index is 0.108. The summed E-state index contributed by atoms with van der Waals surface area (Å²) in [5.41, 5.74) is 1.23. The van der Waals surface area contributed by atoms with E-state index in [2.05, 4.69) is 52.0 Å². The van der Waals surface area contributed by atoms with Gasteiger partial charge < -0.3 is 5.11 Å². The first-order chi connectivity index (χ1) is 9.65. The second-order valence-corrected chi connectivity index (χ2v) is 5.78. The van der Waals surface area contributed by atoms with Gasteiger partial charge in [-0.2, -0.15) is 5.10 Å². The molecule has 0 aliphatic carbocycles. The van der Waals surface area contributed by atoms with E-state index in [1.54, 1.807) is 18.3 Å². The van der Waals surface area contributed by atoms with Gasteiger partial charge in [-0.25, -0.2) is 4.98 Å². The third-order valence-corrected chi connectivity index (χ3v) is 3.73. The van der Waals surface area contributed by atoms with E-state index in [1.807, 2.05) is 18.2 Å². The molecular formula is C13H8Br2N4O. The monoisotopic (exact) mass is 394 g/mol. The molecule has 100 valence electrons. The van der Waals surface area contributed by atoms with Crippen molar-refractivity contribution < 1.29 is 5.11 Å². The van der Waals surface area contributed by atoms with Crippen LogP contribution in [0.1, 0.15) is 0 Å². The summed E-state index contributed by atoms with van der Waals surface area (Å²) in [5.74, 6) is 1.07. The molecule has 0 fully saturated rings. The Hall–Kier alpha value is -1.73. The Morgan fingerprint density at radius 1 is 1.15 bits per heavy atom. The van der Waals surface area contributed by atoms with Crippen molar-refractivity contribution in [3.8, 4) is 28.7 Å². The number of phenols is 1. The molecule has 1 aromatic carbocycles. The minimum absolute atomic E-state index is 0.108. The summed E-state index contributed by atoms with van der Waals surface area (Å²) in [6, 6.07) is 9.04. The molecule has 0 spiro atoms. The van der Waals surface area contributed by atoms with E-state index in [0.717, 1.165) is 4.47 Å². The average Bonchev–Trinajstić information content (AvgIpc) is 2.93. The van der Waals surface area contributed by atoms with Crippen molar-refractivity contribution in [3.63, 3.8) is 0 Å². The summed E-state index contributed by atoms with van der Waals surface area (Å²) in [6.07, 6.45) is 1.68. The lowest BCUT2D eigenvalue weighted by Crippen LogP contribution is -1.85. The normalized spacial score (nSPS) is 10.7. The van der Waals surface area contributed by atoms with Crippen LogP contribution in [0.5, 0.6) is 5.75 Å². The Kier molecular flexibility index (Phi) is 3.54. The number of aromatic nitrogens is 4. The van der Waals surface area contributed by atoms with Crippen molar-refractivity contribution in [2.24, 2.45) is 0 Å². The molecular weight excluding hydrogens is 388 g/mol. The van der Waals surface area contributed by atoms with Gasteiger partial charge in [-0.05, 0) is 40.2 Å². The predicted octanol–water partition coefficient (Wildman–Crippen LogP) is 3.76. The highest BCUT2D eigenvalue weighted by Gasteiger charge is 2.14. The number of aromatic amines is 1. The zero-order valence-corrected chi connectivity index (χ0v) is 13.2. The smallest absolute Gasteiger partial charge is 0.200 e. The quantitative estimate of drug-likeness (QED) is 0.692. The molecule has 2 heterocycles. The fourth-order valence-corrected chi connectivity index (χ4v) is 2.96. The number of rotatable bonds is 2. The van der Waals surface area contributed by atoms with E-state index in [1.165, 1.54) is 0 Å². The molecule has 2 N–H and O–H groups in total. The summed E-state index contributed by atoms with van der Waals surface area (Å²) in [4.78, 5) is 8.55. The number of aromatic hydroxyl groups is 1. The van der Waals surface area contributed by atoms with Gasteiger partial charge in [-0.1, -0.05) is 22.0 Å². The highest BCUT2D eigenvalue weighted by molar-refractivity contribution is 9.11. The average molecular weight is 396 g/mol. The molecule has 0 radical (unpaired) electrons. The maximum Gasteiger partial charge on any atom is 0.200 e. The van der Waals surface area contributed by atoms with Crippen LogP contribution in [0.25, 0.3) is 22.9 Å². The molecule has 0 aliphatic rings. The first-order valence-corrected chi connectivity index (χ1v) is 7.26. The molecule has 3 rings (SSSR count). The van der Waals surface area contributed by atoms with Crippen molar-refractivity contribution in [2.75, 3.05) is 0 Å². The van der Waals surface area contributed by atoms with Crippen LogP contribution in [0.3, 0.4) is 0 Å². The Balaban J connectivity index is 2.07. The van der Waals surface area contributed by atoms with Crippen LogP contribution in [0.4, 0.5) is 0 Å². The van der Waals surface area contributed by atoms with Gasteiger partial charge in [0.25, 0.3) is 0 Å². The fraction of sp³-hybridized carbons (Fsp3) is 0. The van der Waals surface area contributed by atoms with Gasteiger partial charge in [0.1, 0.15) is 11.4 Å². The van der Waals surface area contributed by atoms with Gasteiger partial charge in [-0.3, -0.25) is 10.1 Å². The minimum Gasteiger partial charge on any atom is -0.506 e. The Bertz CT molecular complexity index is 758. The first-order valence-electron chi connectivity index (χ1n) is 5.67. The molecule has 0 unspecified atom stereocenters. The lowest BCUT2D eigenvalue weighted by atomic mass is 10.2. The Morgan fingerprint density at radius 3 is 2.75 bits per heavy atom. The van der Waals surface area contributed by atoms with Crippen LogP contribution in [-0.2, 0) is 0 Å². The maximum absolute atomic E-state index is 10.1. The molecule has 0 amide bonds. The second-order valence-electron chi connectivity index (χ2n) is 4.01. The number of hydrogen-bond acceptors (Lipinski definition) is 4. The van der Waals surface area contributed by atoms with Crippen LogP contribution in [0.15, 0.2) is 45.5 Å². The van der Waals surface area contributed by atoms with E-state index >= 15 is 0 Å². The van der Waals surface area contributed by atoms with E-state index < -0.39 is 0 Å². The van der Waals surface area contributed by atoms with Gasteiger partial charge in [0.05, 0.1) is 10.0 Å². The molecule has 20 heavy (non-hydrogen) atoms. The Labute approximate surface area is 131 Å². The summed E-state index contributed by atoms with van der Waals surface area (Å²) >= 11 is 6.67. The number of phenolic OH excluding ortho intramolecular Hbond substituents is 1. The van der Waals surface area contributed by atoms with Crippen molar-refractivity contribution >= 4 is 31.9 Å². The SMILES string of the molecule is Oc1c(Br)cc(Br)cc1-c1nc(-c2ccccn2)n[nH]1. The molecule has 0 aliphatic heterocycles. The number of benzene rings is 1. The number of H-pyrrole nitrogens is 1. The van der Waals surface area contributed by atoms with Gasteiger partial charge in [-0.15, -0.1) is 0 Å². The van der Waals surface area contributed by atoms with Crippen LogP contribution in [0.2, 0.25) is 0 Å². The van der Waals surface area contributed by atoms with E-state index in [-0.39, 0.29) is 5.75 Å². The molecule has 0 saturated carbocycles. The first kappa shape index (κ1) is 13.3. The predicted molar refractivity (Wildman–Crippen MR) is 82.1 cm³/mol. The van der Waals surface area contributed by atoms with Gasteiger partial charge in [0.15, 0.2) is 11.6 Å². The van der Waals surface area contributed by atoms with E-state index in [4.69, 9.17) is 0 Å². The third-order valence-electron chi connectivity index (χ3n) is 2.66. The van der Waals surface area contributed by atoms with Crippen LogP contribution in [0, 0.1) is 0 Å². The summed E-state index contributed by atoms with van der Waals surface area (Å²) < 4.78 is 1.41. The fourth-order valence-electron chi connectivity index (χ4n) is 1.74. The van der Waals surface area contributed by atoms with Crippen LogP contribution < -0.4 is 0 Å². The lowest BCUT2D eigenvalue weighted by molar-refractivity contribution is 0.473. The van der Waals surface area contributed by atoms with Crippen LogP contribution in [-0.4, -0.2) is 25.3 Å². The molecule has 0 bridgehead atoms. The maximum atomic E-state index is 10.1. The molecule has 5 nitrogen and oxygen atoms in total. The van der Waals surface area contributed by atoms with Gasteiger partial charge >= 0.3 is 0 Å². The van der Waals surface area contributed by atoms with Crippen molar-refractivity contribution in [2.45, 2.75) is 0 Å². The Morgan fingerprint density at radius 2 is 2.00 bits per heavy atom. The third kappa shape index (κ3) is 2.46. The number of hydrogen-bond donors (Lipinski definition) is 2. The van der Waals surface area contributed by atoms with Crippen molar-refractivity contribution in [3.05, 3.63) is 45.5 Å². The largest absolute Gasteiger partial charge is 0.506 e. The highest BCUT2D eigenvalue weighted by atomic mass is 79.9. The molecule has 3 aromatic rings. The molecule has 2 aromatic heterocycles. The zero-order chi connectivity index (χ0) is 14.1. The summed E-state index contributed by atoms with van der Waals surface area (Å²) in [6.45, 7) is 0. The van der Waals surface area contributed by atoms with E-state index in [9.17, 15) is 5.11 Å². The van der Waals surface area contributed by atoms with E-state index in [0.29, 0.717) is 27.4 Å². The lowest BCUT2D eigenvalue weighted by Gasteiger charge is -2.04. The topological polar surface area (TPSA) is 74.7 Å². The van der Waals surface area contributed by atoms with Gasteiger partial charge in [0, 0.05) is 10.7 Å². The number of nitrogens with one attached hydrogen (secondary N) is 1. The standard InChI is InChI=1S/C13H8Br2N4O/c14-7-5-8(11(20)9(15)6-7)12-17-13(19-18-12)10-3-1-2-4-16-10/h1-6,20H,(H,17,18,19). The molecule has 0 saturated heterocycles. The highest BCUT2D eigenvalue weighted by Crippen LogP contribution is 2.37. The summed E-state index contributed by atoms with van der Waals surface area (Å²) in [5, 5.41) is 17.0. The number of pyridine rings is 1. The van der Waals surface area contributed by atoms with Crippen molar-refractivity contribution in [1.82, 2.24) is 20.2 Å². The number of halogens is 2. The second kappa shape index (κ2) is 5.34.